The number of nitrogens with one attached hydrogen (secondary N) is 1. The molecule has 31 heavy (non-hydrogen) atoms. The first-order valence-electron chi connectivity index (χ1n) is 8.67. The maximum Gasteiger partial charge on any atom is 0.417 e. The van der Waals surface area contributed by atoms with Gasteiger partial charge in [0, 0.05) is 37.0 Å². The van der Waals surface area contributed by atoms with Crippen LogP contribution in [-0.4, -0.2) is 22.9 Å². The minimum Gasteiger partial charge on any atom is -0.329 e. The molecule has 1 N–H and O–H groups in total. The highest BCUT2D eigenvalue weighted by Gasteiger charge is 2.43. The Bertz CT molecular complexity index is 1080. The highest BCUT2D eigenvalue weighted by molar-refractivity contribution is 6.08. The van der Waals surface area contributed by atoms with Crippen molar-refractivity contribution in [3.63, 3.8) is 0 Å². The largest absolute Gasteiger partial charge is 0.417 e. The van der Waals surface area contributed by atoms with E-state index in [1.54, 1.807) is 24.1 Å². The van der Waals surface area contributed by atoms with Crippen LogP contribution < -0.4 is 10.2 Å². The third-order valence-corrected chi connectivity index (χ3v) is 4.29. The minimum absolute atomic E-state index is 0.00951. The lowest BCUT2D eigenvalue weighted by atomic mass is 10.1. The zero-order valence-corrected chi connectivity index (χ0v) is 15.8. The lowest BCUT2D eigenvalue weighted by Gasteiger charge is -2.21. The fourth-order valence-electron chi connectivity index (χ4n) is 2.83. The van der Waals surface area contributed by atoms with Crippen LogP contribution in [0.2, 0.25) is 0 Å². The average Bonchev–Trinajstić information content (AvgIpc) is 2.72. The summed E-state index contributed by atoms with van der Waals surface area (Å²) in [6.07, 6.45) is -5.99. The van der Waals surface area contributed by atoms with Crippen molar-refractivity contribution in [2.24, 2.45) is 0 Å². The molecule has 0 spiro atoms. The van der Waals surface area contributed by atoms with Crippen LogP contribution in [-0.2, 0) is 12.4 Å². The topological polar surface area (TPSA) is 58.1 Å². The minimum atomic E-state index is -5.26. The SMILES string of the molecule is CN(c1ccncc1)c1ncccc1C(=O)Nc1ccc(C(F)(F)F)c(C(F)(F)F)c1. The first-order valence-corrected chi connectivity index (χ1v) is 8.67. The van der Waals surface area contributed by atoms with Crippen molar-refractivity contribution < 1.29 is 31.1 Å². The third-order valence-electron chi connectivity index (χ3n) is 4.29. The van der Waals surface area contributed by atoms with Crippen molar-refractivity contribution in [2.75, 3.05) is 17.3 Å². The summed E-state index contributed by atoms with van der Waals surface area (Å²) in [4.78, 5) is 22.3. The van der Waals surface area contributed by atoms with Crippen molar-refractivity contribution >= 4 is 23.1 Å². The van der Waals surface area contributed by atoms with Crippen LogP contribution in [0.15, 0.2) is 61.1 Å². The number of amides is 1. The molecule has 0 aliphatic carbocycles. The molecular formula is C20H14F6N4O. The second kappa shape index (κ2) is 8.25. The molecule has 0 fully saturated rings. The normalized spacial score (nSPS) is 11.8. The molecule has 1 amide bonds. The summed E-state index contributed by atoms with van der Waals surface area (Å²) in [5.41, 5.74) is -3.52. The highest BCUT2D eigenvalue weighted by Crippen LogP contribution is 2.41. The summed E-state index contributed by atoms with van der Waals surface area (Å²) in [6, 6.07) is 7.45. The van der Waals surface area contributed by atoms with Gasteiger partial charge in [-0.3, -0.25) is 9.78 Å². The molecule has 3 aromatic rings. The average molecular weight is 440 g/mol. The Balaban J connectivity index is 1.94. The van der Waals surface area contributed by atoms with Gasteiger partial charge in [-0.2, -0.15) is 26.3 Å². The van der Waals surface area contributed by atoms with Gasteiger partial charge in [-0.1, -0.05) is 0 Å². The Morgan fingerprint density at radius 2 is 1.55 bits per heavy atom. The van der Waals surface area contributed by atoms with E-state index in [-0.39, 0.29) is 23.5 Å². The number of hydrogen-bond acceptors (Lipinski definition) is 4. The number of anilines is 3. The van der Waals surface area contributed by atoms with Crippen molar-refractivity contribution in [2.45, 2.75) is 12.4 Å². The summed E-state index contributed by atoms with van der Waals surface area (Å²) >= 11 is 0. The van der Waals surface area contributed by atoms with Gasteiger partial charge in [0.1, 0.15) is 5.82 Å². The Kier molecular flexibility index (Phi) is 5.87. The molecule has 0 atom stereocenters. The summed E-state index contributed by atoms with van der Waals surface area (Å²) in [5, 5.41) is 2.21. The number of pyridine rings is 2. The fraction of sp³-hybridized carbons (Fsp3) is 0.150. The van der Waals surface area contributed by atoms with Gasteiger partial charge >= 0.3 is 12.4 Å². The lowest BCUT2D eigenvalue weighted by Crippen LogP contribution is -2.21. The van der Waals surface area contributed by atoms with Gasteiger partial charge in [0.05, 0.1) is 16.7 Å². The third kappa shape index (κ3) is 4.93. The van der Waals surface area contributed by atoms with Gasteiger partial charge in [0.25, 0.3) is 5.91 Å². The summed E-state index contributed by atoms with van der Waals surface area (Å²) in [5.74, 6) is -0.647. The Hall–Kier alpha value is -3.63. The van der Waals surface area contributed by atoms with Gasteiger partial charge in [0.2, 0.25) is 0 Å². The molecule has 3 rings (SSSR count). The number of benzene rings is 1. The first-order chi connectivity index (χ1) is 14.5. The second-order valence-corrected chi connectivity index (χ2v) is 6.35. The van der Waals surface area contributed by atoms with Crippen molar-refractivity contribution in [3.05, 3.63) is 77.7 Å². The van der Waals surface area contributed by atoms with Crippen LogP contribution in [0.1, 0.15) is 21.5 Å². The second-order valence-electron chi connectivity index (χ2n) is 6.35. The Labute approximate surface area is 172 Å². The molecule has 0 saturated heterocycles. The lowest BCUT2D eigenvalue weighted by molar-refractivity contribution is -0.162. The Morgan fingerprint density at radius 3 is 2.16 bits per heavy atom. The van der Waals surface area contributed by atoms with E-state index in [4.69, 9.17) is 0 Å². The molecule has 0 aliphatic heterocycles. The van der Waals surface area contributed by atoms with Crippen molar-refractivity contribution in [1.29, 1.82) is 0 Å². The predicted octanol–water partition coefficient (Wildman–Crippen LogP) is 5.53. The molecule has 0 saturated carbocycles. The van der Waals surface area contributed by atoms with Crippen LogP contribution in [0.25, 0.3) is 0 Å². The zero-order chi connectivity index (χ0) is 22.8. The van der Waals surface area contributed by atoms with E-state index in [1.165, 1.54) is 30.7 Å². The van der Waals surface area contributed by atoms with E-state index < -0.39 is 35.1 Å². The molecule has 162 valence electrons. The van der Waals surface area contributed by atoms with E-state index in [2.05, 4.69) is 15.3 Å². The van der Waals surface area contributed by atoms with Crippen LogP contribution in [0.5, 0.6) is 0 Å². The number of nitrogens with zero attached hydrogens (tertiary/aromatic N) is 3. The number of hydrogen-bond donors (Lipinski definition) is 1. The van der Waals surface area contributed by atoms with Crippen LogP contribution in [0.4, 0.5) is 43.5 Å². The van der Waals surface area contributed by atoms with Gasteiger partial charge in [-0.15, -0.1) is 0 Å². The molecule has 0 bridgehead atoms. The van der Waals surface area contributed by atoms with E-state index in [0.717, 1.165) is 6.07 Å². The molecule has 2 heterocycles. The number of rotatable bonds is 4. The number of alkyl halides is 6. The number of carbonyl (C=O) groups excluding carboxylic acids is 1. The quantitative estimate of drug-likeness (QED) is 0.542. The van der Waals surface area contributed by atoms with Gasteiger partial charge < -0.3 is 10.2 Å². The van der Waals surface area contributed by atoms with Crippen molar-refractivity contribution in [3.8, 4) is 0 Å². The highest BCUT2D eigenvalue weighted by atomic mass is 19.4. The zero-order valence-electron chi connectivity index (χ0n) is 15.8. The van der Waals surface area contributed by atoms with Crippen LogP contribution in [0, 0.1) is 0 Å². The van der Waals surface area contributed by atoms with Crippen molar-refractivity contribution in [1.82, 2.24) is 9.97 Å². The van der Waals surface area contributed by atoms with E-state index in [0.29, 0.717) is 5.69 Å². The van der Waals surface area contributed by atoms with Gasteiger partial charge in [-0.05, 0) is 42.5 Å². The summed E-state index contributed by atoms with van der Waals surface area (Å²) < 4.78 is 78.2. The maximum atomic E-state index is 13.1. The molecule has 0 unspecified atom stereocenters. The molecule has 0 radical (unpaired) electrons. The van der Waals surface area contributed by atoms with Gasteiger partial charge in [0.15, 0.2) is 0 Å². The van der Waals surface area contributed by atoms with E-state index in [1.807, 2.05) is 0 Å². The smallest absolute Gasteiger partial charge is 0.329 e. The van der Waals surface area contributed by atoms with Gasteiger partial charge in [-0.25, -0.2) is 4.98 Å². The van der Waals surface area contributed by atoms with E-state index in [9.17, 15) is 31.1 Å². The summed E-state index contributed by atoms with van der Waals surface area (Å²) in [7, 11) is 1.62. The summed E-state index contributed by atoms with van der Waals surface area (Å²) in [6.45, 7) is 0. The molecule has 5 nitrogen and oxygen atoms in total. The Morgan fingerprint density at radius 1 is 0.903 bits per heavy atom. The fourth-order valence-corrected chi connectivity index (χ4v) is 2.83. The maximum absolute atomic E-state index is 13.1. The number of aromatic nitrogens is 2. The monoisotopic (exact) mass is 440 g/mol. The molecular weight excluding hydrogens is 426 g/mol. The number of carbonyl (C=O) groups is 1. The van der Waals surface area contributed by atoms with E-state index >= 15 is 0 Å². The molecule has 1 aromatic carbocycles. The first kappa shape index (κ1) is 22.1. The predicted molar refractivity (Wildman–Crippen MR) is 101 cm³/mol. The molecule has 11 heteroatoms. The standard InChI is InChI=1S/C20H14F6N4O/c1-30(13-6-9-27-10-7-13)17-14(3-2-8-28-17)18(31)29-12-4-5-15(19(21,22)23)16(11-12)20(24,25)26/h2-11H,1H3,(H,29,31). The van der Waals surface area contributed by atoms with Crippen LogP contribution in [0.3, 0.4) is 0 Å². The molecule has 0 aliphatic rings. The molecule has 2 aromatic heterocycles. The van der Waals surface area contributed by atoms with Crippen LogP contribution >= 0.6 is 0 Å². The number of halogens is 6.